The van der Waals surface area contributed by atoms with Gasteiger partial charge in [-0.25, -0.2) is 0 Å². The molecule has 0 atom stereocenters. The second-order valence-electron chi connectivity index (χ2n) is 5.02. The number of hydrogen-bond donors (Lipinski definition) is 1. The maximum Gasteiger partial charge on any atom is 0.272 e. The van der Waals surface area contributed by atoms with Crippen LogP contribution in [0.5, 0.6) is 0 Å². The van der Waals surface area contributed by atoms with Gasteiger partial charge in [0.1, 0.15) is 5.52 Å². The fraction of sp³-hybridized carbons (Fsp3) is 0.267. The predicted molar refractivity (Wildman–Crippen MR) is 72.2 cm³/mol. The van der Waals surface area contributed by atoms with E-state index in [9.17, 15) is 4.79 Å². The van der Waals surface area contributed by atoms with Gasteiger partial charge < -0.3 is 9.38 Å². The van der Waals surface area contributed by atoms with Crippen molar-refractivity contribution in [3.63, 3.8) is 0 Å². The molecule has 0 aliphatic heterocycles. The number of aryl methyl sites for hydroxylation is 2. The zero-order valence-corrected chi connectivity index (χ0v) is 10.1. The van der Waals surface area contributed by atoms with Crippen LogP contribution in [0.1, 0.15) is 24.1 Å². The Bertz CT molecular complexity index is 810. The summed E-state index contributed by atoms with van der Waals surface area (Å²) >= 11 is 0. The Kier molecular flexibility index (Phi) is 1.92. The van der Waals surface area contributed by atoms with Gasteiger partial charge in [-0.3, -0.25) is 4.79 Å². The highest BCUT2D eigenvalue weighted by Gasteiger charge is 2.17. The van der Waals surface area contributed by atoms with Gasteiger partial charge in [0.25, 0.3) is 5.56 Å². The average molecular weight is 238 g/mol. The topological polar surface area (TPSA) is 37.3 Å². The molecule has 3 heteroatoms. The Balaban J connectivity index is 2.27. The van der Waals surface area contributed by atoms with Crippen molar-refractivity contribution in [3.8, 4) is 0 Å². The summed E-state index contributed by atoms with van der Waals surface area (Å²) in [6.07, 6.45) is 4.64. The Labute approximate surface area is 104 Å². The summed E-state index contributed by atoms with van der Waals surface area (Å²) in [6, 6.07) is 10.1. The molecular weight excluding hydrogens is 224 g/mol. The minimum Gasteiger partial charge on any atom is -0.319 e. The maximum atomic E-state index is 12.1. The first kappa shape index (κ1) is 9.95. The molecule has 0 saturated heterocycles. The number of hydrogen-bond acceptors (Lipinski definition) is 1. The summed E-state index contributed by atoms with van der Waals surface area (Å²) in [6.45, 7) is 0. The number of nitrogens with one attached hydrogen (secondary N) is 1. The summed E-state index contributed by atoms with van der Waals surface area (Å²) in [5.41, 5.74) is 5.51. The molecule has 0 fully saturated rings. The molecule has 0 amide bonds. The largest absolute Gasteiger partial charge is 0.319 e. The molecule has 2 heterocycles. The van der Waals surface area contributed by atoms with E-state index in [1.54, 1.807) is 0 Å². The van der Waals surface area contributed by atoms with Crippen LogP contribution in [0, 0.1) is 0 Å². The molecule has 1 aliphatic carbocycles. The molecule has 1 N–H and O–H groups in total. The van der Waals surface area contributed by atoms with E-state index >= 15 is 0 Å². The third-order valence-corrected chi connectivity index (χ3v) is 3.93. The first-order valence-corrected chi connectivity index (χ1v) is 6.49. The van der Waals surface area contributed by atoms with E-state index in [1.165, 1.54) is 24.1 Å². The normalized spacial score (nSPS) is 15.1. The average Bonchev–Trinajstić information content (AvgIpc) is 2.79. The van der Waals surface area contributed by atoms with Gasteiger partial charge in [-0.15, -0.1) is 0 Å². The molecule has 2 aromatic heterocycles. The number of aromatic nitrogens is 2. The van der Waals surface area contributed by atoms with Gasteiger partial charge in [0, 0.05) is 5.69 Å². The standard InChI is InChI=1S/C15H14N2O/c18-15-14-9-10-5-1-3-7-12(10)17(14)13-8-4-2-6-11(13)16-15/h2,4,6,8-9H,1,3,5,7H2,(H,16,18). The van der Waals surface area contributed by atoms with Crippen molar-refractivity contribution in [3.05, 3.63) is 51.9 Å². The van der Waals surface area contributed by atoms with Crippen molar-refractivity contribution in [2.24, 2.45) is 0 Å². The SMILES string of the molecule is O=c1[nH]c2ccccc2n2c3c(cc12)CCCC3. The van der Waals surface area contributed by atoms with Gasteiger partial charge in [0.15, 0.2) is 0 Å². The van der Waals surface area contributed by atoms with Crippen LogP contribution in [0.15, 0.2) is 35.1 Å². The fourth-order valence-electron chi connectivity index (χ4n) is 3.10. The summed E-state index contributed by atoms with van der Waals surface area (Å²) in [5, 5.41) is 0. The van der Waals surface area contributed by atoms with E-state index in [0.29, 0.717) is 0 Å². The Morgan fingerprint density at radius 2 is 1.89 bits per heavy atom. The van der Waals surface area contributed by atoms with E-state index in [0.717, 1.165) is 29.4 Å². The first-order chi connectivity index (χ1) is 8.84. The zero-order valence-electron chi connectivity index (χ0n) is 10.1. The third-order valence-electron chi connectivity index (χ3n) is 3.93. The van der Waals surface area contributed by atoms with Crippen molar-refractivity contribution in [1.29, 1.82) is 0 Å². The van der Waals surface area contributed by atoms with Crippen molar-refractivity contribution < 1.29 is 0 Å². The molecule has 1 aliphatic rings. The van der Waals surface area contributed by atoms with Crippen LogP contribution in [0.2, 0.25) is 0 Å². The lowest BCUT2D eigenvalue weighted by Gasteiger charge is -2.13. The second kappa shape index (κ2) is 3.48. The second-order valence-corrected chi connectivity index (χ2v) is 5.02. The summed E-state index contributed by atoms with van der Waals surface area (Å²) in [5.74, 6) is 0. The highest BCUT2D eigenvalue weighted by atomic mass is 16.1. The lowest BCUT2D eigenvalue weighted by Crippen LogP contribution is -2.11. The summed E-state index contributed by atoms with van der Waals surface area (Å²) < 4.78 is 2.16. The van der Waals surface area contributed by atoms with E-state index < -0.39 is 0 Å². The smallest absolute Gasteiger partial charge is 0.272 e. The monoisotopic (exact) mass is 238 g/mol. The highest BCUT2D eigenvalue weighted by Crippen LogP contribution is 2.26. The Hall–Kier alpha value is -2.03. The summed E-state index contributed by atoms with van der Waals surface area (Å²) in [4.78, 5) is 15.1. The van der Waals surface area contributed by atoms with E-state index in [2.05, 4.69) is 21.5 Å². The summed E-state index contributed by atoms with van der Waals surface area (Å²) in [7, 11) is 0. The molecule has 4 rings (SSSR count). The van der Waals surface area contributed by atoms with Crippen LogP contribution >= 0.6 is 0 Å². The number of aromatic amines is 1. The maximum absolute atomic E-state index is 12.1. The van der Waals surface area contributed by atoms with E-state index in [-0.39, 0.29) is 5.56 Å². The van der Waals surface area contributed by atoms with Crippen LogP contribution in [0.4, 0.5) is 0 Å². The third kappa shape index (κ3) is 1.22. The van der Waals surface area contributed by atoms with Gasteiger partial charge in [-0.05, 0) is 49.4 Å². The Morgan fingerprint density at radius 1 is 1.06 bits per heavy atom. The first-order valence-electron chi connectivity index (χ1n) is 6.49. The minimum absolute atomic E-state index is 0.0168. The minimum atomic E-state index is 0.0168. The molecule has 0 radical (unpaired) electrons. The lowest BCUT2D eigenvalue weighted by atomic mass is 9.98. The molecule has 3 aromatic rings. The quantitative estimate of drug-likeness (QED) is 0.642. The van der Waals surface area contributed by atoms with Crippen LogP contribution in [0.3, 0.4) is 0 Å². The van der Waals surface area contributed by atoms with Crippen molar-refractivity contribution in [1.82, 2.24) is 9.38 Å². The molecule has 0 bridgehead atoms. The number of fused-ring (bicyclic) bond motifs is 5. The van der Waals surface area contributed by atoms with Gasteiger partial charge >= 0.3 is 0 Å². The highest BCUT2D eigenvalue weighted by molar-refractivity contribution is 5.79. The van der Waals surface area contributed by atoms with E-state index in [4.69, 9.17) is 0 Å². The molecule has 1 aromatic carbocycles. The van der Waals surface area contributed by atoms with Crippen molar-refractivity contribution in [2.45, 2.75) is 25.7 Å². The van der Waals surface area contributed by atoms with Gasteiger partial charge in [0.2, 0.25) is 0 Å². The number of rotatable bonds is 0. The molecule has 3 nitrogen and oxygen atoms in total. The van der Waals surface area contributed by atoms with Gasteiger partial charge in [-0.1, -0.05) is 12.1 Å². The number of para-hydroxylation sites is 2. The Morgan fingerprint density at radius 3 is 2.83 bits per heavy atom. The van der Waals surface area contributed by atoms with Gasteiger partial charge in [0.05, 0.1) is 11.0 Å². The van der Waals surface area contributed by atoms with Crippen LogP contribution in [0.25, 0.3) is 16.6 Å². The van der Waals surface area contributed by atoms with Crippen molar-refractivity contribution in [2.75, 3.05) is 0 Å². The van der Waals surface area contributed by atoms with E-state index in [1.807, 2.05) is 18.2 Å². The van der Waals surface area contributed by atoms with Gasteiger partial charge in [-0.2, -0.15) is 0 Å². The lowest BCUT2D eigenvalue weighted by molar-refractivity contribution is 0.671. The molecule has 0 saturated carbocycles. The number of H-pyrrole nitrogens is 1. The van der Waals surface area contributed by atoms with Crippen LogP contribution in [-0.2, 0) is 12.8 Å². The number of benzene rings is 1. The molecule has 0 unspecified atom stereocenters. The zero-order chi connectivity index (χ0) is 12.1. The fourth-order valence-corrected chi connectivity index (χ4v) is 3.10. The molecule has 18 heavy (non-hydrogen) atoms. The molecule has 0 spiro atoms. The number of nitrogens with zero attached hydrogens (tertiary/aromatic N) is 1. The predicted octanol–water partition coefficient (Wildman–Crippen LogP) is 2.66. The van der Waals surface area contributed by atoms with Crippen molar-refractivity contribution >= 4 is 16.6 Å². The molecular formula is C15H14N2O. The molecule has 90 valence electrons. The van der Waals surface area contributed by atoms with Crippen LogP contribution in [-0.4, -0.2) is 9.38 Å². The van der Waals surface area contributed by atoms with Crippen LogP contribution < -0.4 is 5.56 Å².